The minimum atomic E-state index is 0. The van der Waals surface area contributed by atoms with Crippen LogP contribution in [0.2, 0.25) is 0 Å². The predicted molar refractivity (Wildman–Crippen MR) is 140 cm³/mol. The van der Waals surface area contributed by atoms with Crippen molar-refractivity contribution in [2.75, 3.05) is 31.1 Å². The fourth-order valence-electron chi connectivity index (χ4n) is 3.91. The molecule has 168 valence electrons. The normalized spacial score (nSPS) is 11.2. The first kappa shape index (κ1) is 24.2. The zero-order valence-electron chi connectivity index (χ0n) is 19.1. The Hall–Kier alpha value is -2.47. The van der Waals surface area contributed by atoms with Crippen LogP contribution in [0.15, 0.2) is 54.6 Å². The van der Waals surface area contributed by atoms with Gasteiger partial charge in [0.05, 0.1) is 10.2 Å². The summed E-state index contributed by atoms with van der Waals surface area (Å²) in [7, 11) is 0. The highest BCUT2D eigenvalue weighted by Crippen LogP contribution is 2.32. The van der Waals surface area contributed by atoms with Crippen LogP contribution in [0.5, 0.6) is 0 Å². The third kappa shape index (κ3) is 4.80. The van der Waals surface area contributed by atoms with E-state index >= 15 is 0 Å². The summed E-state index contributed by atoms with van der Waals surface area (Å²) in [5, 5.41) is 2.83. The average Bonchev–Trinajstić information content (AvgIpc) is 3.18. The van der Waals surface area contributed by atoms with Gasteiger partial charge in [0.2, 0.25) is 0 Å². The molecular weight excluding hydrogens is 438 g/mol. The molecule has 0 radical (unpaired) electrons. The number of fused-ring (bicyclic) bond motifs is 2. The van der Waals surface area contributed by atoms with E-state index in [-0.39, 0.29) is 18.3 Å². The largest absolute Gasteiger partial charge is 0.302 e. The molecule has 3 aromatic carbocycles. The van der Waals surface area contributed by atoms with Gasteiger partial charge in [0.1, 0.15) is 0 Å². The van der Waals surface area contributed by atoms with E-state index in [1.807, 2.05) is 35.2 Å². The summed E-state index contributed by atoms with van der Waals surface area (Å²) in [6, 6.07) is 18.3. The van der Waals surface area contributed by atoms with E-state index < -0.39 is 0 Å². The summed E-state index contributed by atoms with van der Waals surface area (Å²) < 4.78 is 1.12. The summed E-state index contributed by atoms with van der Waals surface area (Å²) in [5.41, 5.74) is 4.16. The second kappa shape index (κ2) is 10.4. The highest BCUT2D eigenvalue weighted by Gasteiger charge is 2.23. The number of hydrogen-bond donors (Lipinski definition) is 0. The molecule has 0 atom stereocenters. The Balaban J connectivity index is 0.00000289. The maximum absolute atomic E-state index is 13.8. The molecule has 0 aliphatic heterocycles. The lowest BCUT2D eigenvalue weighted by molar-refractivity contribution is 0.0985. The van der Waals surface area contributed by atoms with Crippen molar-refractivity contribution >= 4 is 55.8 Å². The monoisotopic (exact) mass is 467 g/mol. The van der Waals surface area contributed by atoms with E-state index in [2.05, 4.69) is 56.9 Å². The third-order valence-electron chi connectivity index (χ3n) is 6.02. The molecule has 0 fully saturated rings. The average molecular weight is 468 g/mol. The van der Waals surface area contributed by atoms with E-state index in [9.17, 15) is 4.79 Å². The standard InChI is InChI=1S/C26H29N3OS.ClH/c1-5-28(6-2)14-15-29(26-27-23-16-18(3)19(4)17-24(23)31-26)25(30)22-13-9-11-20-10-7-8-12-21(20)22;/h7-13,16-17H,5-6,14-15H2,1-4H3;1H. The Labute approximate surface area is 200 Å². The lowest BCUT2D eigenvalue weighted by Gasteiger charge is -2.25. The first-order valence-electron chi connectivity index (χ1n) is 10.9. The number of nitrogens with zero attached hydrogens (tertiary/aromatic N) is 3. The second-order valence-electron chi connectivity index (χ2n) is 7.91. The minimum absolute atomic E-state index is 0. The summed E-state index contributed by atoms with van der Waals surface area (Å²) in [6.07, 6.45) is 0. The van der Waals surface area contributed by atoms with Crippen LogP contribution in [0.4, 0.5) is 5.13 Å². The molecule has 4 aromatic rings. The van der Waals surface area contributed by atoms with Crippen molar-refractivity contribution in [3.8, 4) is 0 Å². The van der Waals surface area contributed by atoms with E-state index in [0.29, 0.717) is 6.54 Å². The number of thiazole rings is 1. The van der Waals surface area contributed by atoms with Crippen molar-refractivity contribution in [2.24, 2.45) is 0 Å². The smallest absolute Gasteiger partial charge is 0.260 e. The van der Waals surface area contributed by atoms with Crippen LogP contribution in [0.1, 0.15) is 35.3 Å². The molecule has 0 aliphatic carbocycles. The van der Waals surface area contributed by atoms with E-state index in [0.717, 1.165) is 51.3 Å². The number of halogens is 1. The molecule has 0 unspecified atom stereocenters. The highest BCUT2D eigenvalue weighted by molar-refractivity contribution is 7.22. The zero-order chi connectivity index (χ0) is 22.0. The summed E-state index contributed by atoms with van der Waals surface area (Å²) in [5.74, 6) is 0.0106. The van der Waals surface area contributed by atoms with E-state index in [1.54, 1.807) is 11.3 Å². The number of hydrogen-bond acceptors (Lipinski definition) is 4. The Bertz CT molecular complexity index is 1190. The summed E-state index contributed by atoms with van der Waals surface area (Å²) >= 11 is 1.60. The molecule has 0 aliphatic rings. The Morgan fingerprint density at radius 1 is 0.938 bits per heavy atom. The number of benzene rings is 3. The molecule has 1 aromatic heterocycles. The number of rotatable bonds is 7. The molecule has 1 amide bonds. The van der Waals surface area contributed by atoms with Crippen molar-refractivity contribution in [2.45, 2.75) is 27.7 Å². The lowest BCUT2D eigenvalue weighted by Crippen LogP contribution is -2.39. The molecule has 4 nitrogen and oxygen atoms in total. The van der Waals surface area contributed by atoms with Crippen molar-refractivity contribution in [3.63, 3.8) is 0 Å². The van der Waals surface area contributed by atoms with Gasteiger partial charge in [0.15, 0.2) is 5.13 Å². The molecule has 0 saturated heterocycles. The lowest BCUT2D eigenvalue weighted by atomic mass is 10.0. The van der Waals surface area contributed by atoms with Crippen molar-refractivity contribution < 1.29 is 4.79 Å². The molecule has 4 rings (SSSR count). The topological polar surface area (TPSA) is 36.4 Å². The second-order valence-corrected chi connectivity index (χ2v) is 8.92. The maximum Gasteiger partial charge on any atom is 0.260 e. The molecule has 0 spiro atoms. The van der Waals surface area contributed by atoms with Gasteiger partial charge < -0.3 is 4.90 Å². The maximum atomic E-state index is 13.8. The van der Waals surface area contributed by atoms with E-state index in [1.165, 1.54) is 11.1 Å². The van der Waals surface area contributed by atoms with Gasteiger partial charge in [-0.05, 0) is 67.0 Å². The number of anilines is 1. The van der Waals surface area contributed by atoms with Crippen molar-refractivity contribution in [1.29, 1.82) is 0 Å². The van der Waals surface area contributed by atoms with Gasteiger partial charge in [0.25, 0.3) is 5.91 Å². The van der Waals surface area contributed by atoms with Gasteiger partial charge in [-0.2, -0.15) is 0 Å². The molecule has 0 bridgehead atoms. The first-order valence-corrected chi connectivity index (χ1v) is 11.7. The van der Waals surface area contributed by atoms with Gasteiger partial charge in [-0.1, -0.05) is 61.6 Å². The molecule has 6 heteroatoms. The van der Waals surface area contributed by atoms with Gasteiger partial charge >= 0.3 is 0 Å². The van der Waals surface area contributed by atoms with Crippen LogP contribution in [-0.4, -0.2) is 42.0 Å². The fourth-order valence-corrected chi connectivity index (χ4v) is 4.98. The van der Waals surface area contributed by atoms with Crippen LogP contribution in [0.25, 0.3) is 21.0 Å². The molecule has 0 N–H and O–H groups in total. The Morgan fingerprint density at radius 3 is 2.38 bits per heavy atom. The van der Waals surface area contributed by atoms with Crippen LogP contribution >= 0.6 is 23.7 Å². The molecule has 0 saturated carbocycles. The third-order valence-corrected chi connectivity index (χ3v) is 7.06. The number of likely N-dealkylation sites (N-methyl/N-ethyl adjacent to an activating group) is 1. The quantitative estimate of drug-likeness (QED) is 0.312. The number of aromatic nitrogens is 1. The number of amides is 1. The highest BCUT2D eigenvalue weighted by atomic mass is 35.5. The number of aryl methyl sites for hydroxylation is 2. The summed E-state index contributed by atoms with van der Waals surface area (Å²) in [4.78, 5) is 22.9. The Morgan fingerprint density at radius 2 is 1.62 bits per heavy atom. The summed E-state index contributed by atoms with van der Waals surface area (Å²) in [6.45, 7) is 11.9. The first-order chi connectivity index (χ1) is 15.0. The van der Waals surface area contributed by atoms with Gasteiger partial charge in [-0.15, -0.1) is 12.4 Å². The fraction of sp³-hybridized carbons (Fsp3) is 0.308. The molecule has 32 heavy (non-hydrogen) atoms. The molecular formula is C26H30ClN3OS. The predicted octanol–water partition coefficient (Wildman–Crippen LogP) is 6.48. The minimum Gasteiger partial charge on any atom is -0.302 e. The van der Waals surface area contributed by atoms with Crippen LogP contribution in [-0.2, 0) is 0 Å². The molecule has 1 heterocycles. The van der Waals surface area contributed by atoms with Gasteiger partial charge in [-0.25, -0.2) is 4.98 Å². The van der Waals surface area contributed by atoms with Crippen molar-refractivity contribution in [1.82, 2.24) is 9.88 Å². The van der Waals surface area contributed by atoms with Crippen LogP contribution in [0.3, 0.4) is 0 Å². The van der Waals surface area contributed by atoms with E-state index in [4.69, 9.17) is 4.98 Å². The number of carbonyl (C=O) groups is 1. The van der Waals surface area contributed by atoms with Crippen LogP contribution < -0.4 is 4.90 Å². The zero-order valence-corrected chi connectivity index (χ0v) is 20.7. The van der Waals surface area contributed by atoms with Crippen LogP contribution in [0, 0.1) is 13.8 Å². The van der Waals surface area contributed by atoms with Gasteiger partial charge in [0, 0.05) is 18.7 Å². The Kier molecular flexibility index (Phi) is 7.88. The van der Waals surface area contributed by atoms with Crippen molar-refractivity contribution in [3.05, 3.63) is 71.3 Å². The SMILES string of the molecule is CCN(CC)CCN(C(=O)c1cccc2ccccc12)c1nc2cc(C)c(C)cc2s1.Cl. The number of carbonyl (C=O) groups excluding carboxylic acids is 1. The van der Waals surface area contributed by atoms with Gasteiger partial charge in [-0.3, -0.25) is 9.69 Å².